The third-order valence-corrected chi connectivity index (χ3v) is 5.46. The summed E-state index contributed by atoms with van der Waals surface area (Å²) in [4.78, 5) is 27.1. The van der Waals surface area contributed by atoms with Gasteiger partial charge in [0.15, 0.2) is 0 Å². The molecule has 0 saturated carbocycles. The van der Waals surface area contributed by atoms with Crippen molar-refractivity contribution in [3.8, 4) is 0 Å². The molecule has 23 heavy (non-hydrogen) atoms. The molecule has 5 heteroatoms. The maximum absolute atomic E-state index is 12.7. The maximum Gasteiger partial charge on any atom is 0.243 e. The van der Waals surface area contributed by atoms with Crippen molar-refractivity contribution >= 4 is 23.6 Å². The minimum atomic E-state index is -0.394. The van der Waals surface area contributed by atoms with Crippen LogP contribution in [0.15, 0.2) is 30.3 Å². The highest BCUT2D eigenvalue weighted by Crippen LogP contribution is 2.42. The number of amides is 2. The summed E-state index contributed by atoms with van der Waals surface area (Å²) in [5.41, 5.74) is 1.07. The predicted molar refractivity (Wildman–Crippen MR) is 95.0 cm³/mol. The Bertz CT molecular complexity index is 547. The van der Waals surface area contributed by atoms with Crippen LogP contribution in [-0.4, -0.2) is 34.6 Å². The molecule has 2 rings (SSSR count). The van der Waals surface area contributed by atoms with E-state index >= 15 is 0 Å². The number of thioether (sulfide) groups is 1. The highest BCUT2D eigenvalue weighted by molar-refractivity contribution is 7.99. The maximum atomic E-state index is 12.7. The Hall–Kier alpha value is -1.49. The number of rotatable bonds is 5. The number of carbonyl (C=O) groups is 2. The Labute approximate surface area is 143 Å². The van der Waals surface area contributed by atoms with Gasteiger partial charge in [-0.25, -0.2) is 0 Å². The van der Waals surface area contributed by atoms with Crippen LogP contribution >= 0.6 is 11.8 Å². The van der Waals surface area contributed by atoms with Crippen LogP contribution in [0.25, 0.3) is 0 Å². The fourth-order valence-corrected chi connectivity index (χ4v) is 4.03. The molecule has 1 fully saturated rings. The minimum absolute atomic E-state index is 0.0353. The summed E-state index contributed by atoms with van der Waals surface area (Å²) < 4.78 is 0. The minimum Gasteiger partial charge on any atom is -0.352 e. The van der Waals surface area contributed by atoms with Crippen LogP contribution in [0.5, 0.6) is 0 Å². The summed E-state index contributed by atoms with van der Waals surface area (Å²) in [6, 6.07) is 9.68. The van der Waals surface area contributed by atoms with Crippen LogP contribution in [0.3, 0.4) is 0 Å². The molecule has 1 aliphatic heterocycles. The second-order valence-corrected chi connectivity index (χ2v) is 7.44. The molecule has 3 unspecified atom stereocenters. The van der Waals surface area contributed by atoms with E-state index in [9.17, 15) is 9.59 Å². The van der Waals surface area contributed by atoms with E-state index in [4.69, 9.17) is 0 Å². The van der Waals surface area contributed by atoms with E-state index in [0.717, 1.165) is 12.0 Å². The van der Waals surface area contributed by atoms with Crippen LogP contribution in [0.1, 0.15) is 45.1 Å². The summed E-state index contributed by atoms with van der Waals surface area (Å²) in [6.45, 7) is 7.80. The zero-order chi connectivity index (χ0) is 17.0. The van der Waals surface area contributed by atoms with Gasteiger partial charge in [-0.3, -0.25) is 9.59 Å². The zero-order valence-corrected chi connectivity index (χ0v) is 15.1. The molecule has 0 aromatic heterocycles. The van der Waals surface area contributed by atoms with Crippen molar-refractivity contribution in [3.05, 3.63) is 35.9 Å². The SMILES string of the molecule is CCC(C)NC(=O)C1CSC(c2ccccc2)N1C(=O)C(C)C. The van der Waals surface area contributed by atoms with Crippen molar-refractivity contribution in [2.75, 3.05) is 5.75 Å². The molecule has 1 saturated heterocycles. The van der Waals surface area contributed by atoms with E-state index < -0.39 is 6.04 Å². The smallest absolute Gasteiger partial charge is 0.243 e. The number of carbonyl (C=O) groups excluding carboxylic acids is 2. The normalized spacial score (nSPS) is 22.2. The molecule has 3 atom stereocenters. The van der Waals surface area contributed by atoms with Gasteiger partial charge in [-0.1, -0.05) is 51.1 Å². The lowest BCUT2D eigenvalue weighted by molar-refractivity contribution is -0.142. The summed E-state index contributed by atoms with van der Waals surface area (Å²) in [5, 5.41) is 2.94. The van der Waals surface area contributed by atoms with E-state index in [2.05, 4.69) is 5.32 Å². The Morgan fingerprint density at radius 2 is 1.91 bits per heavy atom. The van der Waals surface area contributed by atoms with Crippen LogP contribution in [0.2, 0.25) is 0 Å². The highest BCUT2D eigenvalue weighted by Gasteiger charge is 2.42. The fourth-order valence-electron chi connectivity index (χ4n) is 2.59. The molecule has 0 bridgehead atoms. The summed E-state index contributed by atoms with van der Waals surface area (Å²) >= 11 is 1.66. The van der Waals surface area contributed by atoms with Gasteiger partial charge in [-0.05, 0) is 18.9 Å². The monoisotopic (exact) mass is 334 g/mol. The first-order chi connectivity index (χ1) is 11.0. The predicted octanol–water partition coefficient (Wildman–Crippen LogP) is 3.20. The molecular formula is C18H26N2O2S. The first-order valence-electron chi connectivity index (χ1n) is 8.24. The Morgan fingerprint density at radius 1 is 1.26 bits per heavy atom. The van der Waals surface area contributed by atoms with Gasteiger partial charge in [-0.2, -0.15) is 0 Å². The number of hydrogen-bond donors (Lipinski definition) is 1. The average molecular weight is 334 g/mol. The van der Waals surface area contributed by atoms with Gasteiger partial charge in [0.05, 0.1) is 0 Å². The molecule has 0 spiro atoms. The highest BCUT2D eigenvalue weighted by atomic mass is 32.2. The Morgan fingerprint density at radius 3 is 2.48 bits per heavy atom. The molecule has 126 valence electrons. The van der Waals surface area contributed by atoms with Crippen LogP contribution in [-0.2, 0) is 9.59 Å². The van der Waals surface area contributed by atoms with Gasteiger partial charge in [0, 0.05) is 17.7 Å². The summed E-state index contributed by atoms with van der Waals surface area (Å²) in [6.07, 6.45) is 0.881. The third-order valence-electron chi connectivity index (χ3n) is 4.14. The van der Waals surface area contributed by atoms with E-state index in [1.54, 1.807) is 16.7 Å². The molecule has 1 aromatic rings. The van der Waals surface area contributed by atoms with Gasteiger partial charge in [0.2, 0.25) is 11.8 Å². The van der Waals surface area contributed by atoms with E-state index in [1.165, 1.54) is 0 Å². The molecule has 1 aliphatic rings. The molecular weight excluding hydrogens is 308 g/mol. The lowest BCUT2D eigenvalue weighted by Crippen LogP contribution is -2.50. The zero-order valence-electron chi connectivity index (χ0n) is 14.3. The summed E-state index contributed by atoms with van der Waals surface area (Å²) in [7, 11) is 0. The van der Waals surface area contributed by atoms with Crippen LogP contribution < -0.4 is 5.32 Å². The second-order valence-electron chi connectivity index (χ2n) is 6.33. The third kappa shape index (κ3) is 4.08. The van der Waals surface area contributed by atoms with E-state index in [1.807, 2.05) is 58.0 Å². The van der Waals surface area contributed by atoms with Crippen molar-refractivity contribution in [2.24, 2.45) is 5.92 Å². The van der Waals surface area contributed by atoms with Gasteiger partial charge in [-0.15, -0.1) is 11.8 Å². The van der Waals surface area contributed by atoms with Gasteiger partial charge < -0.3 is 10.2 Å². The Balaban J connectivity index is 2.25. The van der Waals surface area contributed by atoms with Crippen molar-refractivity contribution in [1.82, 2.24) is 10.2 Å². The molecule has 0 aliphatic carbocycles. The molecule has 1 aromatic carbocycles. The van der Waals surface area contributed by atoms with Crippen molar-refractivity contribution in [2.45, 2.75) is 51.6 Å². The van der Waals surface area contributed by atoms with Gasteiger partial charge >= 0.3 is 0 Å². The number of nitrogens with one attached hydrogen (secondary N) is 1. The standard InChI is InChI=1S/C18H26N2O2S/c1-5-13(4)19-16(21)15-11-23-18(14-9-7-6-8-10-14)20(15)17(22)12(2)3/h6-10,12-13,15,18H,5,11H2,1-4H3,(H,19,21). The largest absolute Gasteiger partial charge is 0.352 e. The molecule has 4 nitrogen and oxygen atoms in total. The van der Waals surface area contributed by atoms with E-state index in [-0.39, 0.29) is 29.1 Å². The van der Waals surface area contributed by atoms with Crippen molar-refractivity contribution in [3.63, 3.8) is 0 Å². The molecule has 0 radical (unpaired) electrons. The molecule has 2 amide bonds. The van der Waals surface area contributed by atoms with Gasteiger partial charge in [0.25, 0.3) is 0 Å². The van der Waals surface area contributed by atoms with Crippen molar-refractivity contribution in [1.29, 1.82) is 0 Å². The van der Waals surface area contributed by atoms with Gasteiger partial charge in [0.1, 0.15) is 11.4 Å². The number of benzene rings is 1. The van der Waals surface area contributed by atoms with Crippen molar-refractivity contribution < 1.29 is 9.59 Å². The Kier molecular flexibility index (Phi) is 6.10. The fraction of sp³-hybridized carbons (Fsp3) is 0.556. The quantitative estimate of drug-likeness (QED) is 0.899. The second kappa shape index (κ2) is 7.86. The first-order valence-corrected chi connectivity index (χ1v) is 9.29. The van der Waals surface area contributed by atoms with E-state index in [0.29, 0.717) is 5.75 Å². The number of hydrogen-bond acceptors (Lipinski definition) is 3. The molecule has 1 N–H and O–H groups in total. The van der Waals surface area contributed by atoms with Crippen LogP contribution in [0, 0.1) is 5.92 Å². The topological polar surface area (TPSA) is 49.4 Å². The molecule has 1 heterocycles. The first kappa shape index (κ1) is 17.9. The number of nitrogens with zero attached hydrogens (tertiary/aromatic N) is 1. The van der Waals surface area contributed by atoms with Crippen LogP contribution in [0.4, 0.5) is 0 Å². The average Bonchev–Trinajstić information content (AvgIpc) is 2.99. The summed E-state index contributed by atoms with van der Waals surface area (Å²) in [5.74, 6) is 0.506. The lowest BCUT2D eigenvalue weighted by Gasteiger charge is -2.31. The lowest BCUT2D eigenvalue weighted by atomic mass is 10.1.